The van der Waals surface area contributed by atoms with Crippen molar-refractivity contribution in [3.63, 3.8) is 0 Å². The number of carbonyl (C=O) groups is 1. The van der Waals surface area contributed by atoms with E-state index in [0.29, 0.717) is 43.2 Å². The number of aliphatic carboxylic acids is 1. The van der Waals surface area contributed by atoms with Gasteiger partial charge in [0.25, 0.3) is 5.84 Å². The number of hydrogen-bond donors (Lipinski definition) is 4. The van der Waals surface area contributed by atoms with E-state index in [1.165, 1.54) is 12.1 Å². The molecule has 0 aliphatic carbocycles. The first kappa shape index (κ1) is 21.4. The Hall–Kier alpha value is -3.33. The molecule has 8 nitrogen and oxygen atoms in total. The number of anilines is 1. The number of rotatable bonds is 9. The number of halogens is 1. The Morgan fingerprint density at radius 2 is 2.13 bits per heavy atom. The molecule has 6 N–H and O–H groups in total. The lowest BCUT2D eigenvalue weighted by molar-refractivity contribution is -0.138. The second kappa shape index (κ2) is 9.45. The van der Waals surface area contributed by atoms with Gasteiger partial charge >= 0.3 is 5.97 Å². The van der Waals surface area contributed by atoms with E-state index in [9.17, 15) is 9.90 Å². The molecule has 30 heavy (non-hydrogen) atoms. The summed E-state index contributed by atoms with van der Waals surface area (Å²) in [5, 5.41) is 18.1. The van der Waals surface area contributed by atoms with Gasteiger partial charge in [0.1, 0.15) is 11.9 Å². The normalized spacial score (nSPS) is 16.7. The Morgan fingerprint density at radius 1 is 1.40 bits per heavy atom. The summed E-state index contributed by atoms with van der Waals surface area (Å²) in [6.07, 6.45) is 0.327. The molecule has 0 spiro atoms. The first-order valence-corrected chi connectivity index (χ1v) is 9.57. The number of ether oxygens (including phenoxy) is 3. The molecule has 2 aromatic rings. The Labute approximate surface area is 173 Å². The third kappa shape index (κ3) is 4.98. The molecule has 0 unspecified atom stereocenters. The summed E-state index contributed by atoms with van der Waals surface area (Å²) in [6, 6.07) is 7.91. The van der Waals surface area contributed by atoms with Crippen LogP contribution in [0.1, 0.15) is 30.5 Å². The van der Waals surface area contributed by atoms with E-state index in [1.54, 1.807) is 31.2 Å². The molecule has 0 saturated carbocycles. The SMILES string of the molecule is CCOc1cc(O[C@@H]2CCOC2)c(F)c([C@@H](Nc2ccc(C(N)=[NH2+])cc2)C(=O)O)c1. The molecule has 1 aliphatic rings. The lowest BCUT2D eigenvalue weighted by Crippen LogP contribution is -2.46. The van der Waals surface area contributed by atoms with Crippen molar-refractivity contribution in [1.82, 2.24) is 0 Å². The predicted octanol–water partition coefficient (Wildman–Crippen LogP) is 1.09. The maximum Gasteiger partial charge on any atom is 0.330 e. The number of amidine groups is 1. The van der Waals surface area contributed by atoms with Gasteiger partial charge in [-0.15, -0.1) is 0 Å². The lowest BCUT2D eigenvalue weighted by atomic mass is 10.0. The molecule has 1 heterocycles. The molecule has 9 heteroatoms. The summed E-state index contributed by atoms with van der Waals surface area (Å²) in [5.74, 6) is -1.63. The fraction of sp³-hybridized carbons (Fsp3) is 0.333. The van der Waals surface area contributed by atoms with E-state index in [0.717, 1.165) is 0 Å². The fourth-order valence-corrected chi connectivity index (χ4v) is 3.12. The van der Waals surface area contributed by atoms with Crippen molar-refractivity contribution in [1.29, 1.82) is 0 Å². The van der Waals surface area contributed by atoms with Crippen LogP contribution in [0.5, 0.6) is 11.5 Å². The number of carboxylic acids is 1. The van der Waals surface area contributed by atoms with Crippen LogP contribution in [0.15, 0.2) is 36.4 Å². The molecule has 1 saturated heterocycles. The molecule has 1 fully saturated rings. The highest BCUT2D eigenvalue weighted by atomic mass is 19.1. The molecule has 3 rings (SSSR count). The van der Waals surface area contributed by atoms with Crippen LogP contribution in [0, 0.1) is 5.82 Å². The number of nitrogens with two attached hydrogens (primary N) is 2. The van der Waals surface area contributed by atoms with Crippen LogP contribution in [0.2, 0.25) is 0 Å². The number of nitrogens with one attached hydrogen (secondary N) is 1. The van der Waals surface area contributed by atoms with Crippen LogP contribution >= 0.6 is 0 Å². The third-order valence-electron chi connectivity index (χ3n) is 4.62. The van der Waals surface area contributed by atoms with Crippen LogP contribution < -0.4 is 25.9 Å². The second-order valence-electron chi connectivity index (χ2n) is 6.81. The molecule has 0 bridgehead atoms. The Kier molecular flexibility index (Phi) is 6.73. The zero-order valence-corrected chi connectivity index (χ0v) is 16.6. The maximum atomic E-state index is 15.3. The van der Waals surface area contributed by atoms with Gasteiger partial charge < -0.3 is 24.6 Å². The first-order valence-electron chi connectivity index (χ1n) is 9.57. The van der Waals surface area contributed by atoms with Crippen molar-refractivity contribution in [2.45, 2.75) is 25.5 Å². The van der Waals surface area contributed by atoms with Crippen LogP contribution in [0.3, 0.4) is 0 Å². The van der Waals surface area contributed by atoms with E-state index in [1.807, 2.05) is 0 Å². The van der Waals surface area contributed by atoms with Gasteiger partial charge in [0.2, 0.25) is 0 Å². The predicted molar refractivity (Wildman–Crippen MR) is 108 cm³/mol. The minimum atomic E-state index is -1.38. The van der Waals surface area contributed by atoms with E-state index in [2.05, 4.69) is 5.32 Å². The van der Waals surface area contributed by atoms with Crippen molar-refractivity contribution >= 4 is 17.5 Å². The highest BCUT2D eigenvalue weighted by Crippen LogP contribution is 2.34. The summed E-state index contributed by atoms with van der Waals surface area (Å²) < 4.78 is 31.8. The van der Waals surface area contributed by atoms with E-state index in [-0.39, 0.29) is 23.3 Å². The molecule has 0 amide bonds. The number of hydrogen-bond acceptors (Lipinski definition) is 5. The second-order valence-corrected chi connectivity index (χ2v) is 6.81. The van der Waals surface area contributed by atoms with Crippen LogP contribution in [-0.2, 0) is 9.53 Å². The van der Waals surface area contributed by atoms with Crippen LogP contribution in [-0.4, -0.2) is 42.8 Å². The number of benzene rings is 2. The van der Waals surface area contributed by atoms with Crippen molar-refractivity contribution in [2.75, 3.05) is 25.1 Å². The largest absolute Gasteiger partial charge is 0.494 e. The Morgan fingerprint density at radius 3 is 2.70 bits per heavy atom. The molecule has 0 aromatic heterocycles. The van der Waals surface area contributed by atoms with E-state index in [4.69, 9.17) is 25.4 Å². The van der Waals surface area contributed by atoms with Gasteiger partial charge in [-0.05, 0) is 37.3 Å². The van der Waals surface area contributed by atoms with Crippen molar-refractivity contribution in [3.8, 4) is 11.5 Å². The third-order valence-corrected chi connectivity index (χ3v) is 4.62. The summed E-state index contributed by atoms with van der Waals surface area (Å²) in [7, 11) is 0. The van der Waals surface area contributed by atoms with Gasteiger partial charge in [-0.3, -0.25) is 11.1 Å². The smallest absolute Gasteiger partial charge is 0.330 e. The van der Waals surface area contributed by atoms with Crippen LogP contribution in [0.4, 0.5) is 10.1 Å². The van der Waals surface area contributed by atoms with Gasteiger partial charge in [0.05, 0.1) is 25.4 Å². The fourth-order valence-electron chi connectivity index (χ4n) is 3.12. The zero-order valence-electron chi connectivity index (χ0n) is 16.6. The van der Waals surface area contributed by atoms with Crippen molar-refractivity contribution in [3.05, 3.63) is 53.3 Å². The minimum Gasteiger partial charge on any atom is -0.494 e. The summed E-state index contributed by atoms with van der Waals surface area (Å²) in [6.45, 7) is 3.00. The van der Waals surface area contributed by atoms with E-state index >= 15 is 4.39 Å². The summed E-state index contributed by atoms with van der Waals surface area (Å²) >= 11 is 0. The van der Waals surface area contributed by atoms with E-state index < -0.39 is 17.8 Å². The van der Waals surface area contributed by atoms with Gasteiger partial charge in [-0.2, -0.15) is 0 Å². The molecule has 160 valence electrons. The average Bonchev–Trinajstić information content (AvgIpc) is 3.22. The minimum absolute atomic E-state index is 0.0691. The summed E-state index contributed by atoms with van der Waals surface area (Å²) in [4.78, 5) is 12.0. The Balaban J connectivity index is 1.94. The highest BCUT2D eigenvalue weighted by Gasteiger charge is 2.28. The standard InChI is InChI=1S/C21H24FN3O5/c1-2-29-15-9-16(18(22)17(10-15)30-14-7-8-28-11-14)19(21(26)27)25-13-5-3-12(4-6-13)20(23)24/h3-6,9-10,14,19,25H,2,7-8,11H2,1H3,(H3,23,24)(H,26,27)/p+1/t14-,19-/m1/s1. The molecular weight excluding hydrogens is 393 g/mol. The van der Waals surface area contributed by atoms with Crippen molar-refractivity contribution < 1.29 is 33.9 Å². The zero-order chi connectivity index (χ0) is 21.7. The Bertz CT molecular complexity index is 914. The lowest BCUT2D eigenvalue weighted by Gasteiger charge is -2.21. The monoisotopic (exact) mass is 418 g/mol. The molecule has 1 aliphatic heterocycles. The topological polar surface area (TPSA) is 129 Å². The van der Waals surface area contributed by atoms with Crippen LogP contribution in [0.25, 0.3) is 0 Å². The summed E-state index contributed by atoms with van der Waals surface area (Å²) in [5.41, 5.74) is 6.51. The quantitative estimate of drug-likeness (QED) is 0.354. The van der Waals surface area contributed by atoms with Gasteiger partial charge in [-0.25, -0.2) is 9.18 Å². The highest BCUT2D eigenvalue weighted by molar-refractivity contribution is 5.93. The van der Waals surface area contributed by atoms with Crippen molar-refractivity contribution in [2.24, 2.45) is 5.73 Å². The molecular formula is C21H25FN3O5+. The molecule has 2 aromatic carbocycles. The first-order chi connectivity index (χ1) is 14.4. The average molecular weight is 418 g/mol. The number of carboxylic acid groups (broad SMARTS) is 1. The van der Waals surface area contributed by atoms with Gasteiger partial charge in [-0.1, -0.05) is 0 Å². The molecule has 2 atom stereocenters. The maximum absolute atomic E-state index is 15.3. The molecule has 0 radical (unpaired) electrons. The van der Waals surface area contributed by atoms with Gasteiger partial charge in [0.15, 0.2) is 17.6 Å². The van der Waals surface area contributed by atoms with Gasteiger partial charge in [0, 0.05) is 23.7 Å².